The van der Waals surface area contributed by atoms with Gasteiger partial charge in [-0.25, -0.2) is 8.78 Å². The Labute approximate surface area is 110 Å². The number of aromatic nitrogens is 1. The minimum atomic E-state index is -2.64. The van der Waals surface area contributed by atoms with Gasteiger partial charge in [0.1, 0.15) is 6.04 Å². The number of hydrogen-bond acceptors (Lipinski definition) is 3. The van der Waals surface area contributed by atoms with E-state index < -0.39 is 23.6 Å². The predicted octanol–water partition coefficient (Wildman–Crippen LogP) is 1.88. The van der Waals surface area contributed by atoms with Gasteiger partial charge in [-0.05, 0) is 25.9 Å². The quantitative estimate of drug-likeness (QED) is 0.914. The predicted molar refractivity (Wildman–Crippen MR) is 67.5 cm³/mol. The fourth-order valence-electron chi connectivity index (χ4n) is 2.63. The summed E-state index contributed by atoms with van der Waals surface area (Å²) in [5, 5.41) is 9.84. The van der Waals surface area contributed by atoms with Crippen LogP contribution < -0.4 is 5.43 Å². The van der Waals surface area contributed by atoms with Gasteiger partial charge in [-0.2, -0.15) is 0 Å². The summed E-state index contributed by atoms with van der Waals surface area (Å²) in [6.45, 7) is 1.13. The molecule has 0 saturated carbocycles. The number of pyridine rings is 1. The van der Waals surface area contributed by atoms with Crippen LogP contribution >= 0.6 is 0 Å². The third-order valence-electron chi connectivity index (χ3n) is 3.61. The Morgan fingerprint density at radius 1 is 1.26 bits per heavy atom. The van der Waals surface area contributed by atoms with Crippen LogP contribution in [0.25, 0.3) is 0 Å². The molecule has 1 aliphatic rings. The first-order chi connectivity index (χ1) is 9.02. The lowest BCUT2D eigenvalue weighted by atomic mass is 10.0. The first-order valence-electron chi connectivity index (χ1n) is 6.43. The van der Waals surface area contributed by atoms with Crippen molar-refractivity contribution in [2.24, 2.45) is 7.05 Å². The molecule has 1 aromatic heterocycles. The second kappa shape index (κ2) is 5.69. The smallest absolute Gasteiger partial charge is 0.259 e. The maximum absolute atomic E-state index is 13.4. The van der Waals surface area contributed by atoms with Crippen molar-refractivity contribution in [2.45, 2.75) is 31.7 Å². The molecule has 0 amide bonds. The number of rotatable bonds is 3. The van der Waals surface area contributed by atoms with Gasteiger partial charge in [-0.1, -0.05) is 6.42 Å². The van der Waals surface area contributed by atoms with Crippen molar-refractivity contribution in [1.29, 1.82) is 0 Å². The SMILES string of the molecule is Cn1ccc(=O)c(O)c1C(C(F)F)N1CCCCC1. The molecule has 0 bridgehead atoms. The van der Waals surface area contributed by atoms with Crippen LogP contribution in [0.3, 0.4) is 0 Å². The van der Waals surface area contributed by atoms with Crippen molar-refractivity contribution >= 4 is 0 Å². The molecule has 1 aromatic rings. The van der Waals surface area contributed by atoms with E-state index in [1.54, 1.807) is 11.9 Å². The Morgan fingerprint density at radius 2 is 1.89 bits per heavy atom. The fourth-order valence-corrected chi connectivity index (χ4v) is 2.63. The third-order valence-corrected chi connectivity index (χ3v) is 3.61. The zero-order valence-electron chi connectivity index (χ0n) is 10.9. The molecule has 2 heterocycles. The lowest BCUT2D eigenvalue weighted by Crippen LogP contribution is -2.39. The summed E-state index contributed by atoms with van der Waals surface area (Å²) >= 11 is 0. The van der Waals surface area contributed by atoms with E-state index in [1.165, 1.54) is 16.8 Å². The van der Waals surface area contributed by atoms with Crippen molar-refractivity contribution in [1.82, 2.24) is 9.47 Å². The summed E-state index contributed by atoms with van der Waals surface area (Å²) in [5.41, 5.74) is -0.611. The number of nitrogens with zero attached hydrogens (tertiary/aromatic N) is 2. The maximum atomic E-state index is 13.4. The number of alkyl halides is 2. The van der Waals surface area contributed by atoms with Gasteiger partial charge in [0.25, 0.3) is 6.43 Å². The molecule has 1 fully saturated rings. The van der Waals surface area contributed by atoms with Crippen molar-refractivity contribution < 1.29 is 13.9 Å². The number of piperidine rings is 1. The molecule has 0 aliphatic carbocycles. The van der Waals surface area contributed by atoms with E-state index in [0.29, 0.717) is 13.1 Å². The lowest BCUT2D eigenvalue weighted by molar-refractivity contribution is 0.00961. The van der Waals surface area contributed by atoms with Crippen LogP contribution in [-0.2, 0) is 7.05 Å². The Bertz CT molecular complexity index is 496. The second-order valence-electron chi connectivity index (χ2n) is 4.90. The molecule has 19 heavy (non-hydrogen) atoms. The molecule has 1 unspecified atom stereocenters. The Balaban J connectivity index is 2.44. The number of aryl methyl sites for hydroxylation is 1. The van der Waals surface area contributed by atoms with E-state index in [1.807, 2.05) is 0 Å². The number of hydrogen-bond donors (Lipinski definition) is 1. The standard InChI is InChI=1S/C13H18F2N2O2/c1-16-8-5-9(18)12(19)10(16)11(13(14)15)17-6-3-2-4-7-17/h5,8,11,13,19H,2-4,6-7H2,1H3. The van der Waals surface area contributed by atoms with E-state index >= 15 is 0 Å². The normalized spacial score (nSPS) is 18.7. The summed E-state index contributed by atoms with van der Waals surface area (Å²) in [7, 11) is 1.56. The van der Waals surface area contributed by atoms with Crippen LogP contribution in [0.2, 0.25) is 0 Å². The summed E-state index contributed by atoms with van der Waals surface area (Å²) in [5.74, 6) is -0.569. The molecule has 1 N–H and O–H groups in total. The van der Waals surface area contributed by atoms with Gasteiger partial charge in [-0.3, -0.25) is 9.69 Å². The summed E-state index contributed by atoms with van der Waals surface area (Å²) in [4.78, 5) is 13.1. The average molecular weight is 272 g/mol. The molecule has 2 rings (SSSR count). The number of halogens is 2. The molecule has 6 heteroatoms. The largest absolute Gasteiger partial charge is 0.503 e. The molecule has 4 nitrogen and oxygen atoms in total. The third kappa shape index (κ3) is 2.78. The molecule has 1 atom stereocenters. The number of likely N-dealkylation sites (tertiary alicyclic amines) is 1. The van der Waals surface area contributed by atoms with E-state index in [0.717, 1.165) is 19.3 Å². The fraction of sp³-hybridized carbons (Fsp3) is 0.615. The first-order valence-corrected chi connectivity index (χ1v) is 6.43. The summed E-state index contributed by atoms with van der Waals surface area (Å²) < 4.78 is 28.2. The lowest BCUT2D eigenvalue weighted by Gasteiger charge is -2.35. The second-order valence-corrected chi connectivity index (χ2v) is 4.90. The highest BCUT2D eigenvalue weighted by molar-refractivity contribution is 5.30. The molecule has 1 saturated heterocycles. The van der Waals surface area contributed by atoms with Crippen LogP contribution in [0.1, 0.15) is 31.0 Å². The maximum Gasteiger partial charge on any atom is 0.259 e. The van der Waals surface area contributed by atoms with Crippen LogP contribution in [0.5, 0.6) is 5.75 Å². The van der Waals surface area contributed by atoms with Gasteiger partial charge < -0.3 is 9.67 Å². The molecule has 1 aliphatic heterocycles. The average Bonchev–Trinajstić information content (AvgIpc) is 2.39. The Kier molecular flexibility index (Phi) is 4.19. The van der Waals surface area contributed by atoms with Crippen LogP contribution in [0.4, 0.5) is 8.78 Å². The van der Waals surface area contributed by atoms with Gasteiger partial charge in [0, 0.05) is 19.3 Å². The van der Waals surface area contributed by atoms with Gasteiger partial charge in [0.2, 0.25) is 5.43 Å². The molecular weight excluding hydrogens is 254 g/mol. The summed E-state index contributed by atoms with van der Waals surface area (Å²) in [6, 6.07) is -0.0448. The minimum Gasteiger partial charge on any atom is -0.503 e. The van der Waals surface area contributed by atoms with E-state index in [4.69, 9.17) is 0 Å². The van der Waals surface area contributed by atoms with E-state index in [-0.39, 0.29) is 5.69 Å². The van der Waals surface area contributed by atoms with Crippen molar-refractivity contribution in [2.75, 3.05) is 13.1 Å². The molecule has 0 radical (unpaired) electrons. The van der Waals surface area contributed by atoms with Gasteiger partial charge in [0.15, 0.2) is 5.75 Å². The van der Waals surface area contributed by atoms with Gasteiger partial charge in [-0.15, -0.1) is 0 Å². The zero-order chi connectivity index (χ0) is 14.0. The zero-order valence-corrected chi connectivity index (χ0v) is 10.9. The summed E-state index contributed by atoms with van der Waals surface area (Å²) in [6.07, 6.45) is 1.54. The minimum absolute atomic E-state index is 0.00407. The molecular formula is C13H18F2N2O2. The van der Waals surface area contributed by atoms with E-state index in [9.17, 15) is 18.7 Å². The molecule has 0 aromatic carbocycles. The molecule has 106 valence electrons. The highest BCUT2D eigenvalue weighted by Gasteiger charge is 2.34. The van der Waals surface area contributed by atoms with Crippen LogP contribution in [-0.4, -0.2) is 34.1 Å². The monoisotopic (exact) mass is 272 g/mol. The highest BCUT2D eigenvalue weighted by atomic mass is 19.3. The first kappa shape index (κ1) is 14.0. The highest BCUT2D eigenvalue weighted by Crippen LogP contribution is 2.33. The van der Waals surface area contributed by atoms with Gasteiger partial charge >= 0.3 is 0 Å². The van der Waals surface area contributed by atoms with Crippen LogP contribution in [0, 0.1) is 0 Å². The van der Waals surface area contributed by atoms with Crippen molar-refractivity contribution in [3.63, 3.8) is 0 Å². The van der Waals surface area contributed by atoms with Crippen LogP contribution in [0.15, 0.2) is 17.1 Å². The molecule has 0 spiro atoms. The topological polar surface area (TPSA) is 45.5 Å². The Hall–Kier alpha value is -1.43. The van der Waals surface area contributed by atoms with Crippen molar-refractivity contribution in [3.05, 3.63) is 28.2 Å². The number of aromatic hydroxyl groups is 1. The Morgan fingerprint density at radius 3 is 2.47 bits per heavy atom. The van der Waals surface area contributed by atoms with Crippen molar-refractivity contribution in [3.8, 4) is 5.75 Å². The van der Waals surface area contributed by atoms with E-state index in [2.05, 4.69) is 0 Å². The van der Waals surface area contributed by atoms with Gasteiger partial charge in [0.05, 0.1) is 5.69 Å².